The Kier molecular flexibility index (Phi) is 43.6. The van der Waals surface area contributed by atoms with Gasteiger partial charge in [-0.05, 0) is 70.6 Å². The van der Waals surface area contributed by atoms with Gasteiger partial charge >= 0.3 is 17.9 Å². The molecule has 1 atom stereocenters. The Morgan fingerprint density at radius 3 is 1.25 bits per heavy atom. The first-order chi connectivity index (χ1) is 29.0. The third-order valence-corrected chi connectivity index (χ3v) is 9.39. The molecule has 0 aliphatic rings. The molecule has 0 N–H and O–H groups in total. The fourth-order valence-electron chi connectivity index (χ4n) is 5.87. The Morgan fingerprint density at radius 2 is 0.746 bits per heavy atom. The lowest BCUT2D eigenvalue weighted by atomic mass is 10.1. The van der Waals surface area contributed by atoms with Gasteiger partial charge in [-0.25, -0.2) is 0 Å². The molecule has 1 unspecified atom stereocenters. The fourth-order valence-corrected chi connectivity index (χ4v) is 5.87. The zero-order valence-corrected chi connectivity index (χ0v) is 37.7. The molecule has 0 aromatic carbocycles. The van der Waals surface area contributed by atoms with Crippen LogP contribution in [-0.4, -0.2) is 37.2 Å². The Labute approximate surface area is 361 Å². The van der Waals surface area contributed by atoms with Crippen LogP contribution in [0.5, 0.6) is 0 Å². The summed E-state index contributed by atoms with van der Waals surface area (Å²) in [7, 11) is 0. The van der Waals surface area contributed by atoms with E-state index < -0.39 is 12.1 Å². The predicted molar refractivity (Wildman–Crippen MR) is 251 cm³/mol. The zero-order chi connectivity index (χ0) is 43.0. The average Bonchev–Trinajstić information content (AvgIpc) is 3.23. The van der Waals surface area contributed by atoms with E-state index in [1.807, 2.05) is 54.7 Å². The van der Waals surface area contributed by atoms with Gasteiger partial charge in [-0.2, -0.15) is 0 Å². The lowest BCUT2D eigenvalue weighted by Crippen LogP contribution is -2.30. The monoisotopic (exact) mass is 817 g/mol. The second-order valence-electron chi connectivity index (χ2n) is 15.1. The number of carbonyl (C=O) groups excluding carboxylic acids is 3. The average molecular weight is 817 g/mol. The highest BCUT2D eigenvalue weighted by molar-refractivity contribution is 5.71. The van der Waals surface area contributed by atoms with Crippen molar-refractivity contribution in [1.29, 1.82) is 0 Å². The number of hydrogen-bond donors (Lipinski definition) is 0. The van der Waals surface area contributed by atoms with Crippen LogP contribution < -0.4 is 0 Å². The molecule has 0 aromatic rings. The number of esters is 3. The molecule has 0 saturated carbocycles. The van der Waals surface area contributed by atoms with E-state index in [1.54, 1.807) is 0 Å². The molecule has 0 aliphatic carbocycles. The van der Waals surface area contributed by atoms with Gasteiger partial charge in [0, 0.05) is 19.3 Å². The number of carbonyl (C=O) groups is 3. The zero-order valence-electron chi connectivity index (χ0n) is 37.7. The van der Waals surface area contributed by atoms with E-state index in [2.05, 4.69) is 75.5 Å². The summed E-state index contributed by atoms with van der Waals surface area (Å²) in [4.78, 5) is 37.7. The quantitative estimate of drug-likeness (QED) is 0.0201. The van der Waals surface area contributed by atoms with Crippen LogP contribution in [0.25, 0.3) is 0 Å². The Hall–Kier alpha value is -3.93. The van der Waals surface area contributed by atoms with Crippen molar-refractivity contribution in [3.05, 3.63) is 109 Å². The van der Waals surface area contributed by atoms with Crippen molar-refractivity contribution >= 4 is 17.9 Å². The van der Waals surface area contributed by atoms with E-state index in [0.717, 1.165) is 57.8 Å². The van der Waals surface area contributed by atoms with Crippen molar-refractivity contribution in [2.24, 2.45) is 0 Å². The Balaban J connectivity index is 4.59. The van der Waals surface area contributed by atoms with Crippen LogP contribution in [0.15, 0.2) is 109 Å². The van der Waals surface area contributed by atoms with Crippen LogP contribution >= 0.6 is 0 Å². The standard InChI is InChI=1S/C53H84O6/c1-4-7-10-13-16-19-22-24-25-26-27-29-31-34-37-40-43-46-52(55)58-49-50(48-57-51(54)45-42-39-36-33-30-21-18-15-12-9-6-3)59-53(56)47-44-41-38-35-32-28-23-20-17-14-11-8-5-2/h8,11,14,16-17,19-20,23-25,27-29,32,34-35,37-38,50H,4-7,9-10,12-13,15,18,21-22,26,30-31,33,36,39-49H2,1-3H3/b11-8-,17-14-,19-16-,23-20-,25-24-,29-27-,32-28-,37-34-,38-35-. The molecule has 0 rings (SSSR count). The van der Waals surface area contributed by atoms with Crippen molar-refractivity contribution in [3.8, 4) is 0 Å². The number of ether oxygens (including phenoxy) is 3. The summed E-state index contributed by atoms with van der Waals surface area (Å²) < 4.78 is 16.6. The normalized spacial score (nSPS) is 13.1. The molecule has 59 heavy (non-hydrogen) atoms. The van der Waals surface area contributed by atoms with Crippen molar-refractivity contribution in [1.82, 2.24) is 0 Å². The summed E-state index contributed by atoms with van der Waals surface area (Å²) in [6, 6.07) is 0. The van der Waals surface area contributed by atoms with Crippen molar-refractivity contribution in [3.63, 3.8) is 0 Å². The molecule has 0 amide bonds. The predicted octanol–water partition coefficient (Wildman–Crippen LogP) is 15.2. The summed E-state index contributed by atoms with van der Waals surface area (Å²) in [6.45, 7) is 6.32. The van der Waals surface area contributed by atoms with Crippen LogP contribution in [0.1, 0.15) is 188 Å². The molecular formula is C53H84O6. The van der Waals surface area contributed by atoms with E-state index in [4.69, 9.17) is 14.2 Å². The highest BCUT2D eigenvalue weighted by atomic mass is 16.6. The largest absolute Gasteiger partial charge is 0.462 e. The fraction of sp³-hybridized carbons (Fsp3) is 0.604. The van der Waals surface area contributed by atoms with E-state index >= 15 is 0 Å². The smallest absolute Gasteiger partial charge is 0.306 e. The molecule has 0 fully saturated rings. The molecule has 332 valence electrons. The lowest BCUT2D eigenvalue weighted by molar-refractivity contribution is -0.167. The number of unbranched alkanes of at least 4 members (excludes halogenated alkanes) is 15. The lowest BCUT2D eigenvalue weighted by Gasteiger charge is -2.18. The highest BCUT2D eigenvalue weighted by Gasteiger charge is 2.19. The maximum Gasteiger partial charge on any atom is 0.306 e. The third-order valence-electron chi connectivity index (χ3n) is 9.39. The first-order valence-electron chi connectivity index (χ1n) is 23.5. The Morgan fingerprint density at radius 1 is 0.373 bits per heavy atom. The minimum absolute atomic E-state index is 0.125. The van der Waals surface area contributed by atoms with Crippen LogP contribution in [0.3, 0.4) is 0 Å². The molecule has 0 aromatic heterocycles. The molecule has 0 spiro atoms. The maximum absolute atomic E-state index is 12.7. The molecule has 6 heteroatoms. The van der Waals surface area contributed by atoms with E-state index in [-0.39, 0.29) is 38.0 Å². The first kappa shape index (κ1) is 55.1. The second-order valence-corrected chi connectivity index (χ2v) is 15.1. The van der Waals surface area contributed by atoms with Crippen LogP contribution in [0.2, 0.25) is 0 Å². The van der Waals surface area contributed by atoms with Crippen molar-refractivity contribution in [2.75, 3.05) is 13.2 Å². The van der Waals surface area contributed by atoms with Gasteiger partial charge in [0.2, 0.25) is 0 Å². The maximum atomic E-state index is 12.7. The topological polar surface area (TPSA) is 78.9 Å². The van der Waals surface area contributed by atoms with Gasteiger partial charge in [-0.15, -0.1) is 0 Å². The highest BCUT2D eigenvalue weighted by Crippen LogP contribution is 2.13. The molecule has 0 radical (unpaired) electrons. The van der Waals surface area contributed by atoms with Crippen LogP contribution in [0.4, 0.5) is 0 Å². The first-order valence-corrected chi connectivity index (χ1v) is 23.5. The summed E-state index contributed by atoms with van der Waals surface area (Å²) in [5.41, 5.74) is 0. The molecular weight excluding hydrogens is 733 g/mol. The summed E-state index contributed by atoms with van der Waals surface area (Å²) in [5, 5.41) is 0. The Bertz CT molecular complexity index is 1260. The van der Waals surface area contributed by atoms with Gasteiger partial charge in [-0.3, -0.25) is 14.4 Å². The van der Waals surface area contributed by atoms with Gasteiger partial charge in [0.1, 0.15) is 13.2 Å². The van der Waals surface area contributed by atoms with Crippen LogP contribution in [-0.2, 0) is 28.6 Å². The second kappa shape index (κ2) is 46.8. The van der Waals surface area contributed by atoms with Crippen molar-refractivity contribution in [2.45, 2.75) is 194 Å². The van der Waals surface area contributed by atoms with Crippen molar-refractivity contribution < 1.29 is 28.6 Å². The number of rotatable bonds is 40. The molecule has 0 heterocycles. The summed E-state index contributed by atoms with van der Waals surface area (Å²) >= 11 is 0. The minimum atomic E-state index is -0.835. The van der Waals surface area contributed by atoms with Crippen LogP contribution in [0, 0.1) is 0 Å². The van der Waals surface area contributed by atoms with E-state index in [9.17, 15) is 14.4 Å². The number of allylic oxidation sites excluding steroid dienone is 18. The number of hydrogen-bond acceptors (Lipinski definition) is 6. The van der Waals surface area contributed by atoms with Gasteiger partial charge in [0.25, 0.3) is 0 Å². The van der Waals surface area contributed by atoms with E-state index in [1.165, 1.54) is 77.0 Å². The molecule has 6 nitrogen and oxygen atoms in total. The minimum Gasteiger partial charge on any atom is -0.462 e. The molecule has 0 aliphatic heterocycles. The third kappa shape index (κ3) is 45.0. The van der Waals surface area contributed by atoms with Gasteiger partial charge in [0.15, 0.2) is 6.10 Å². The van der Waals surface area contributed by atoms with Gasteiger partial charge < -0.3 is 14.2 Å². The SMILES string of the molecule is CC\C=C/C=C\C=C/C=C\C=C/CCCC(=O)OC(COC(=O)CCC/C=C\C/C=C\C/C=C\C/C=C\CCCCC)COC(=O)CCCCCCCCCCCCC. The summed E-state index contributed by atoms with van der Waals surface area (Å²) in [6.07, 6.45) is 62.3. The van der Waals surface area contributed by atoms with Gasteiger partial charge in [-0.1, -0.05) is 207 Å². The van der Waals surface area contributed by atoms with Gasteiger partial charge in [0.05, 0.1) is 0 Å². The van der Waals surface area contributed by atoms with E-state index in [0.29, 0.717) is 19.3 Å². The summed E-state index contributed by atoms with van der Waals surface area (Å²) in [5.74, 6) is -1.07. The molecule has 0 bridgehead atoms. The molecule has 0 saturated heterocycles.